The van der Waals surface area contributed by atoms with Gasteiger partial charge in [-0.15, -0.1) is 0 Å². The number of hydrogen-bond donors (Lipinski definition) is 0. The van der Waals surface area contributed by atoms with Crippen LogP contribution in [0.1, 0.15) is 43.2 Å². The number of aromatic nitrogens is 1. The van der Waals surface area contributed by atoms with Crippen molar-refractivity contribution in [1.82, 2.24) is 14.4 Å². The molecule has 112 valence electrons. The van der Waals surface area contributed by atoms with Crippen LogP contribution in [0.5, 0.6) is 0 Å². The van der Waals surface area contributed by atoms with Crippen molar-refractivity contribution in [2.24, 2.45) is 0 Å². The van der Waals surface area contributed by atoms with E-state index < -0.39 is 0 Å². The molecule has 2 rings (SSSR count). The molecule has 0 spiro atoms. The Balaban J connectivity index is 2.19. The van der Waals surface area contributed by atoms with Crippen molar-refractivity contribution in [2.45, 2.75) is 38.8 Å². The van der Waals surface area contributed by atoms with E-state index in [-0.39, 0.29) is 11.9 Å². The quantitative estimate of drug-likeness (QED) is 0.795. The third-order valence-corrected chi connectivity index (χ3v) is 4.17. The summed E-state index contributed by atoms with van der Waals surface area (Å²) in [7, 11) is 4.08. The van der Waals surface area contributed by atoms with Gasteiger partial charge < -0.3 is 14.4 Å². The highest BCUT2D eigenvalue weighted by Crippen LogP contribution is 2.37. The lowest BCUT2D eigenvalue weighted by Gasteiger charge is -2.30. The van der Waals surface area contributed by atoms with E-state index in [9.17, 15) is 4.79 Å². The summed E-state index contributed by atoms with van der Waals surface area (Å²) in [6.07, 6.45) is 4.40. The normalized spacial score (nSPS) is 16.5. The summed E-state index contributed by atoms with van der Waals surface area (Å²) in [5, 5.41) is 0. The minimum absolute atomic E-state index is 0.138. The van der Waals surface area contributed by atoms with Crippen molar-refractivity contribution < 1.29 is 4.79 Å². The van der Waals surface area contributed by atoms with Gasteiger partial charge >= 0.3 is 0 Å². The third kappa shape index (κ3) is 3.44. The Morgan fingerprint density at radius 1 is 1.50 bits per heavy atom. The van der Waals surface area contributed by atoms with Gasteiger partial charge in [-0.3, -0.25) is 4.79 Å². The zero-order valence-electron chi connectivity index (χ0n) is 12.8. The van der Waals surface area contributed by atoms with E-state index in [0.29, 0.717) is 6.04 Å². The van der Waals surface area contributed by atoms with Crippen molar-refractivity contribution in [2.75, 3.05) is 27.2 Å². The number of likely N-dealkylation sites (N-methyl/N-ethyl adjacent to an activating group) is 2. The molecular weight excluding hydrogens is 318 g/mol. The highest BCUT2D eigenvalue weighted by atomic mass is 79.9. The second-order valence-electron chi connectivity index (χ2n) is 5.88. The van der Waals surface area contributed by atoms with Gasteiger partial charge in [0.1, 0.15) is 5.69 Å². The first-order chi connectivity index (χ1) is 9.43. The van der Waals surface area contributed by atoms with Crippen LogP contribution < -0.4 is 0 Å². The van der Waals surface area contributed by atoms with E-state index in [1.807, 2.05) is 38.2 Å². The topological polar surface area (TPSA) is 28.5 Å². The smallest absolute Gasteiger partial charge is 0.270 e. The average Bonchev–Trinajstić information content (AvgIpc) is 3.12. The first kappa shape index (κ1) is 15.6. The van der Waals surface area contributed by atoms with Gasteiger partial charge in [-0.2, -0.15) is 0 Å². The molecule has 1 atom stereocenters. The number of carbonyl (C=O) groups is 1. The zero-order valence-corrected chi connectivity index (χ0v) is 14.4. The molecule has 1 aliphatic carbocycles. The Morgan fingerprint density at radius 2 is 2.15 bits per heavy atom. The number of hydrogen-bond acceptors (Lipinski definition) is 2. The van der Waals surface area contributed by atoms with Crippen LogP contribution >= 0.6 is 15.9 Å². The molecule has 1 saturated carbocycles. The van der Waals surface area contributed by atoms with Gasteiger partial charge in [-0.25, -0.2) is 0 Å². The fourth-order valence-electron chi connectivity index (χ4n) is 2.70. The standard InChI is InChI=1S/C15H24BrN3O/c1-5-18(11(2)9-17(3)4)15(20)14-8-12(16)10-19(14)13-6-7-13/h8,10-11,13H,5-7,9H2,1-4H3. The lowest BCUT2D eigenvalue weighted by atomic mass is 10.2. The Labute approximate surface area is 129 Å². The largest absolute Gasteiger partial charge is 0.339 e. The molecule has 0 saturated heterocycles. The van der Waals surface area contributed by atoms with Crippen LogP contribution in [0.2, 0.25) is 0 Å². The van der Waals surface area contributed by atoms with E-state index in [1.165, 1.54) is 12.8 Å². The van der Waals surface area contributed by atoms with Crippen molar-refractivity contribution in [3.05, 3.63) is 22.4 Å². The SMILES string of the molecule is CCN(C(=O)c1cc(Br)cn1C1CC1)C(C)CN(C)C. The van der Waals surface area contributed by atoms with Crippen LogP contribution in [-0.4, -0.2) is 53.5 Å². The van der Waals surface area contributed by atoms with Crippen LogP contribution in [0.4, 0.5) is 0 Å². The molecule has 5 heteroatoms. The summed E-state index contributed by atoms with van der Waals surface area (Å²) in [5.74, 6) is 0.138. The van der Waals surface area contributed by atoms with E-state index in [4.69, 9.17) is 0 Å². The van der Waals surface area contributed by atoms with Gasteiger partial charge in [0.15, 0.2) is 0 Å². The van der Waals surface area contributed by atoms with Crippen molar-refractivity contribution in [1.29, 1.82) is 0 Å². The van der Waals surface area contributed by atoms with Gasteiger partial charge in [0, 0.05) is 35.8 Å². The Bertz CT molecular complexity index is 479. The number of amides is 1. The summed E-state index contributed by atoms with van der Waals surface area (Å²) in [4.78, 5) is 16.9. The molecule has 1 fully saturated rings. The summed E-state index contributed by atoms with van der Waals surface area (Å²) in [6, 6.07) is 2.68. The summed E-state index contributed by atoms with van der Waals surface area (Å²) in [6.45, 7) is 5.77. The Hall–Kier alpha value is -0.810. The molecule has 1 aromatic rings. The minimum atomic E-state index is 0.138. The summed E-state index contributed by atoms with van der Waals surface area (Å²) in [5.41, 5.74) is 0.812. The first-order valence-electron chi connectivity index (χ1n) is 7.27. The predicted molar refractivity (Wildman–Crippen MR) is 85.1 cm³/mol. The minimum Gasteiger partial charge on any atom is -0.339 e. The molecule has 20 heavy (non-hydrogen) atoms. The Kier molecular flexibility index (Phi) is 4.91. The van der Waals surface area contributed by atoms with Crippen LogP contribution in [0, 0.1) is 0 Å². The molecule has 0 radical (unpaired) electrons. The second-order valence-corrected chi connectivity index (χ2v) is 6.80. The molecule has 1 amide bonds. The van der Waals surface area contributed by atoms with E-state index in [0.717, 1.165) is 23.3 Å². The first-order valence-corrected chi connectivity index (χ1v) is 8.06. The van der Waals surface area contributed by atoms with E-state index in [2.05, 4.69) is 32.3 Å². The summed E-state index contributed by atoms with van der Waals surface area (Å²) < 4.78 is 3.13. The van der Waals surface area contributed by atoms with E-state index >= 15 is 0 Å². The van der Waals surface area contributed by atoms with Crippen molar-refractivity contribution in [3.8, 4) is 0 Å². The molecule has 1 unspecified atom stereocenters. The Morgan fingerprint density at radius 3 is 2.65 bits per heavy atom. The van der Waals surface area contributed by atoms with Crippen LogP contribution in [-0.2, 0) is 0 Å². The molecule has 0 N–H and O–H groups in total. The molecule has 1 aliphatic rings. The molecule has 1 heterocycles. The predicted octanol–water partition coefficient (Wildman–Crippen LogP) is 3.00. The monoisotopic (exact) mass is 341 g/mol. The molecule has 4 nitrogen and oxygen atoms in total. The van der Waals surface area contributed by atoms with Gasteiger partial charge in [0.05, 0.1) is 0 Å². The van der Waals surface area contributed by atoms with Crippen molar-refractivity contribution in [3.63, 3.8) is 0 Å². The third-order valence-electron chi connectivity index (χ3n) is 3.74. The number of halogens is 1. The van der Waals surface area contributed by atoms with Gasteiger partial charge in [-0.1, -0.05) is 0 Å². The van der Waals surface area contributed by atoms with Gasteiger partial charge in [0.25, 0.3) is 5.91 Å². The van der Waals surface area contributed by atoms with Crippen molar-refractivity contribution >= 4 is 21.8 Å². The maximum Gasteiger partial charge on any atom is 0.270 e. The lowest BCUT2D eigenvalue weighted by molar-refractivity contribution is 0.0668. The van der Waals surface area contributed by atoms with Crippen LogP contribution in [0.15, 0.2) is 16.7 Å². The van der Waals surface area contributed by atoms with E-state index in [1.54, 1.807) is 0 Å². The number of rotatable bonds is 6. The lowest BCUT2D eigenvalue weighted by Crippen LogP contribution is -2.44. The van der Waals surface area contributed by atoms with Crippen LogP contribution in [0.25, 0.3) is 0 Å². The fraction of sp³-hybridized carbons (Fsp3) is 0.667. The maximum absolute atomic E-state index is 12.8. The molecule has 0 aromatic carbocycles. The van der Waals surface area contributed by atoms with Crippen LogP contribution in [0.3, 0.4) is 0 Å². The molecule has 1 aromatic heterocycles. The number of carbonyl (C=O) groups excluding carboxylic acids is 1. The number of nitrogens with zero attached hydrogens (tertiary/aromatic N) is 3. The molecule has 0 aliphatic heterocycles. The zero-order chi connectivity index (χ0) is 14.9. The average molecular weight is 342 g/mol. The molecule has 0 bridgehead atoms. The van der Waals surface area contributed by atoms with Gasteiger partial charge in [0.2, 0.25) is 0 Å². The second kappa shape index (κ2) is 6.31. The van der Waals surface area contributed by atoms with Gasteiger partial charge in [-0.05, 0) is 62.8 Å². The highest BCUT2D eigenvalue weighted by Gasteiger charge is 2.30. The highest BCUT2D eigenvalue weighted by molar-refractivity contribution is 9.10. The molecular formula is C15H24BrN3O. The summed E-state index contributed by atoms with van der Waals surface area (Å²) >= 11 is 3.50. The maximum atomic E-state index is 12.8. The fourth-order valence-corrected chi connectivity index (χ4v) is 3.14.